The lowest BCUT2D eigenvalue weighted by Crippen LogP contribution is -2.30. The summed E-state index contributed by atoms with van der Waals surface area (Å²) in [6.45, 7) is 4.93. The van der Waals surface area contributed by atoms with E-state index in [1.165, 1.54) is 16.4 Å². The third kappa shape index (κ3) is 1.63. The minimum absolute atomic E-state index is 0.0636. The topological polar surface area (TPSA) is 65.9 Å². The zero-order chi connectivity index (χ0) is 12.7. The molecule has 3 heterocycles. The van der Waals surface area contributed by atoms with Gasteiger partial charge < -0.3 is 10.0 Å². The largest absolute Gasteiger partial charge is 0.389 e. The zero-order valence-electron chi connectivity index (χ0n) is 9.70. The Kier molecular flexibility index (Phi) is 2.81. The molecule has 2 aliphatic heterocycles. The zero-order valence-corrected chi connectivity index (χ0v) is 10.5. The normalized spacial score (nSPS) is 21.4. The number of carbonyl (C=O) groups is 1. The summed E-state index contributed by atoms with van der Waals surface area (Å²) in [7, 11) is 0. The van der Waals surface area contributed by atoms with E-state index >= 15 is 0 Å². The van der Waals surface area contributed by atoms with Crippen LogP contribution in [0.25, 0.3) is 0 Å². The van der Waals surface area contributed by atoms with E-state index in [-0.39, 0.29) is 18.7 Å². The predicted molar refractivity (Wildman–Crippen MR) is 64.6 cm³/mol. The van der Waals surface area contributed by atoms with Gasteiger partial charge in [0.2, 0.25) is 0 Å². The Hall–Kier alpha value is -1.44. The number of rotatable bonds is 4. The number of thiazole rings is 1. The van der Waals surface area contributed by atoms with Crippen LogP contribution in [0.2, 0.25) is 0 Å². The molecule has 0 aliphatic carbocycles. The average molecular weight is 267 g/mol. The average Bonchev–Trinajstić information content (AvgIpc) is 2.90. The lowest BCUT2D eigenvalue weighted by Gasteiger charge is -2.21. The summed E-state index contributed by atoms with van der Waals surface area (Å²) in [5, 5.41) is 11.2. The van der Waals surface area contributed by atoms with Crippen LogP contribution in [0.4, 0.5) is 4.79 Å². The van der Waals surface area contributed by atoms with Crippen LogP contribution in [-0.2, 0) is 18.0 Å². The van der Waals surface area contributed by atoms with E-state index in [1.54, 1.807) is 11.0 Å². The molecule has 1 atom stereocenters. The monoisotopic (exact) mass is 267 g/mol. The van der Waals surface area contributed by atoms with E-state index in [0.29, 0.717) is 24.7 Å². The molecule has 96 valence electrons. The van der Waals surface area contributed by atoms with Crippen molar-refractivity contribution in [2.45, 2.75) is 19.2 Å². The lowest BCUT2D eigenvalue weighted by atomic mass is 10.1. The summed E-state index contributed by atoms with van der Waals surface area (Å²) in [6.07, 6.45) is 1.61. The second kappa shape index (κ2) is 4.34. The standard InChI is InChI=1S/C11H13N3O3S/c1-2-3-17-14-8-5-13(11(14)16)4-7-10(8)18-9(6-15)12-7/h2,8,15H,1,3-6H2. The molecule has 18 heavy (non-hydrogen) atoms. The smallest absolute Gasteiger partial charge is 0.345 e. The summed E-state index contributed by atoms with van der Waals surface area (Å²) < 4.78 is 0. The fraction of sp³-hybridized carbons (Fsp3) is 0.455. The molecular weight excluding hydrogens is 254 g/mol. The predicted octanol–water partition coefficient (Wildman–Crippen LogP) is 1.05. The van der Waals surface area contributed by atoms with Crippen LogP contribution in [0.1, 0.15) is 21.6 Å². The van der Waals surface area contributed by atoms with Crippen LogP contribution in [0.3, 0.4) is 0 Å². The molecule has 1 aromatic heterocycles. The Bertz CT molecular complexity index is 502. The quantitative estimate of drug-likeness (QED) is 0.828. The highest BCUT2D eigenvalue weighted by atomic mass is 32.1. The third-order valence-electron chi connectivity index (χ3n) is 3.02. The number of amides is 2. The fourth-order valence-electron chi connectivity index (χ4n) is 2.27. The van der Waals surface area contributed by atoms with E-state index in [4.69, 9.17) is 9.94 Å². The molecule has 1 N–H and O–H groups in total. The Balaban J connectivity index is 1.92. The highest BCUT2D eigenvalue weighted by molar-refractivity contribution is 7.11. The maximum atomic E-state index is 12.0. The Morgan fingerprint density at radius 3 is 3.22 bits per heavy atom. The van der Waals surface area contributed by atoms with Crippen molar-refractivity contribution in [3.63, 3.8) is 0 Å². The molecule has 1 saturated heterocycles. The van der Waals surface area contributed by atoms with Gasteiger partial charge in [-0.2, -0.15) is 5.06 Å². The van der Waals surface area contributed by atoms with E-state index in [9.17, 15) is 4.79 Å². The highest BCUT2D eigenvalue weighted by Crippen LogP contribution is 2.40. The minimum Gasteiger partial charge on any atom is -0.389 e. The summed E-state index contributed by atoms with van der Waals surface area (Å²) in [4.78, 5) is 24.5. The molecule has 0 aromatic carbocycles. The molecular formula is C11H13N3O3S. The molecule has 3 rings (SSSR count). The van der Waals surface area contributed by atoms with E-state index < -0.39 is 0 Å². The molecule has 2 amide bonds. The molecule has 1 unspecified atom stereocenters. The van der Waals surface area contributed by atoms with Crippen LogP contribution < -0.4 is 0 Å². The van der Waals surface area contributed by atoms with E-state index in [2.05, 4.69) is 11.6 Å². The van der Waals surface area contributed by atoms with E-state index in [1.807, 2.05) is 0 Å². The van der Waals surface area contributed by atoms with Gasteiger partial charge in [-0.05, 0) is 0 Å². The number of urea groups is 1. The lowest BCUT2D eigenvalue weighted by molar-refractivity contribution is -0.118. The minimum atomic E-state index is -0.127. The van der Waals surface area contributed by atoms with Crippen molar-refractivity contribution >= 4 is 17.4 Å². The number of aliphatic hydroxyl groups excluding tert-OH is 1. The SMILES string of the molecule is C=CCON1C(=O)N2Cc3nc(CO)sc3C1C2. The number of aliphatic hydroxyl groups is 1. The van der Waals surface area contributed by atoms with Crippen LogP contribution in [0.15, 0.2) is 12.7 Å². The highest BCUT2D eigenvalue weighted by Gasteiger charge is 2.45. The molecule has 1 aromatic rings. The van der Waals surface area contributed by atoms with Gasteiger partial charge in [-0.15, -0.1) is 17.9 Å². The van der Waals surface area contributed by atoms with Gasteiger partial charge in [0, 0.05) is 0 Å². The first-order chi connectivity index (χ1) is 8.74. The van der Waals surface area contributed by atoms with Crippen molar-refractivity contribution < 1.29 is 14.7 Å². The Morgan fingerprint density at radius 2 is 2.50 bits per heavy atom. The first kappa shape index (κ1) is 11.6. The number of hydroxylamine groups is 2. The molecule has 1 fully saturated rings. The fourth-order valence-corrected chi connectivity index (χ4v) is 3.28. The number of nitrogens with zero attached hydrogens (tertiary/aromatic N) is 3. The van der Waals surface area contributed by atoms with Crippen molar-refractivity contribution in [3.8, 4) is 0 Å². The van der Waals surface area contributed by atoms with Gasteiger partial charge in [-0.25, -0.2) is 9.78 Å². The third-order valence-corrected chi connectivity index (χ3v) is 4.20. The number of carbonyl (C=O) groups excluding carboxylic acids is 1. The molecule has 7 heteroatoms. The van der Waals surface area contributed by atoms with Crippen LogP contribution in [0.5, 0.6) is 0 Å². The molecule has 0 radical (unpaired) electrons. The number of hydrogen-bond acceptors (Lipinski definition) is 5. The van der Waals surface area contributed by atoms with Gasteiger partial charge in [0.15, 0.2) is 0 Å². The molecule has 0 saturated carbocycles. The summed E-state index contributed by atoms with van der Waals surface area (Å²) in [5.41, 5.74) is 0.873. The van der Waals surface area contributed by atoms with Crippen LogP contribution in [0, 0.1) is 0 Å². The number of aromatic nitrogens is 1. The van der Waals surface area contributed by atoms with Crippen molar-refractivity contribution in [2.24, 2.45) is 0 Å². The van der Waals surface area contributed by atoms with Crippen molar-refractivity contribution in [1.82, 2.24) is 14.9 Å². The van der Waals surface area contributed by atoms with Gasteiger partial charge in [-0.1, -0.05) is 6.08 Å². The Labute approximate surface area is 108 Å². The van der Waals surface area contributed by atoms with Gasteiger partial charge in [0.05, 0.1) is 36.9 Å². The summed E-state index contributed by atoms with van der Waals surface area (Å²) in [6, 6.07) is -0.239. The second-order valence-electron chi connectivity index (χ2n) is 4.17. The summed E-state index contributed by atoms with van der Waals surface area (Å²) in [5.74, 6) is 0. The Morgan fingerprint density at radius 1 is 1.67 bits per heavy atom. The van der Waals surface area contributed by atoms with Crippen molar-refractivity contribution in [2.75, 3.05) is 13.2 Å². The second-order valence-corrected chi connectivity index (χ2v) is 5.28. The first-order valence-corrected chi connectivity index (χ1v) is 6.47. The first-order valence-electron chi connectivity index (χ1n) is 5.66. The molecule has 2 bridgehead atoms. The van der Waals surface area contributed by atoms with Gasteiger partial charge in [0.1, 0.15) is 11.0 Å². The van der Waals surface area contributed by atoms with Gasteiger partial charge >= 0.3 is 6.03 Å². The van der Waals surface area contributed by atoms with Crippen molar-refractivity contribution in [3.05, 3.63) is 28.2 Å². The van der Waals surface area contributed by atoms with Crippen molar-refractivity contribution in [1.29, 1.82) is 0 Å². The number of hydrogen-bond donors (Lipinski definition) is 1. The summed E-state index contributed by atoms with van der Waals surface area (Å²) >= 11 is 1.45. The van der Waals surface area contributed by atoms with Crippen LogP contribution in [-0.4, -0.2) is 39.2 Å². The van der Waals surface area contributed by atoms with Gasteiger partial charge in [-0.3, -0.25) is 4.84 Å². The molecule has 2 aliphatic rings. The maximum absolute atomic E-state index is 12.0. The maximum Gasteiger partial charge on any atom is 0.345 e. The molecule has 0 spiro atoms. The van der Waals surface area contributed by atoms with Gasteiger partial charge in [0.25, 0.3) is 0 Å². The van der Waals surface area contributed by atoms with Crippen LogP contribution >= 0.6 is 11.3 Å². The number of fused-ring (bicyclic) bond motifs is 4. The van der Waals surface area contributed by atoms with E-state index in [0.717, 1.165) is 10.6 Å². The molecule has 6 nitrogen and oxygen atoms in total.